The van der Waals surface area contributed by atoms with Crippen molar-refractivity contribution in [1.29, 1.82) is 0 Å². The van der Waals surface area contributed by atoms with Crippen LogP contribution in [0.5, 0.6) is 0 Å². The predicted octanol–water partition coefficient (Wildman–Crippen LogP) is 5.50. The molecule has 0 spiro atoms. The van der Waals surface area contributed by atoms with Crippen molar-refractivity contribution < 1.29 is 24.2 Å². The van der Waals surface area contributed by atoms with Crippen LogP contribution < -0.4 is 5.32 Å². The van der Waals surface area contributed by atoms with Crippen molar-refractivity contribution in [2.45, 2.75) is 19.8 Å². The molecule has 2 N–H and O–H groups in total. The van der Waals surface area contributed by atoms with Gasteiger partial charge in [-0.1, -0.05) is 41.4 Å². The summed E-state index contributed by atoms with van der Waals surface area (Å²) in [7, 11) is 0. The van der Waals surface area contributed by atoms with Gasteiger partial charge in [0, 0.05) is 10.9 Å². The minimum atomic E-state index is -1.02. The standard InChI is InChI=1S/C21H19Cl2NO5S/c1-2-29-21(28)17-14(11-7-8-15(22)16(23)9-11)10-30-19(17)24-18(25)12-5-3-4-6-13(12)20(26)27/h3-4,7-10,12-13H,2,5-6H2,1H3,(H,24,25)(H,26,27). The first-order valence-electron chi connectivity index (χ1n) is 9.26. The molecule has 158 valence electrons. The van der Waals surface area contributed by atoms with Crippen LogP contribution >= 0.6 is 34.5 Å². The van der Waals surface area contributed by atoms with E-state index in [1.54, 1.807) is 42.7 Å². The summed E-state index contributed by atoms with van der Waals surface area (Å²) in [5.41, 5.74) is 1.39. The molecule has 2 unspecified atom stereocenters. The average molecular weight is 468 g/mol. The number of nitrogens with one attached hydrogen (secondary N) is 1. The van der Waals surface area contributed by atoms with E-state index in [4.69, 9.17) is 27.9 Å². The van der Waals surface area contributed by atoms with Gasteiger partial charge in [-0.15, -0.1) is 11.3 Å². The molecule has 1 aliphatic rings. The summed E-state index contributed by atoms with van der Waals surface area (Å²) in [6, 6.07) is 4.97. The first-order valence-corrected chi connectivity index (χ1v) is 10.9. The maximum atomic E-state index is 12.9. The maximum Gasteiger partial charge on any atom is 0.341 e. The first kappa shape index (κ1) is 22.3. The number of aliphatic carboxylic acids is 1. The molecule has 3 rings (SSSR count). The Morgan fingerprint density at radius 1 is 1.17 bits per heavy atom. The number of carbonyl (C=O) groups is 3. The third-order valence-corrected chi connectivity index (χ3v) is 6.46. The van der Waals surface area contributed by atoms with Crippen LogP contribution in [0.15, 0.2) is 35.7 Å². The summed E-state index contributed by atoms with van der Waals surface area (Å²) >= 11 is 13.3. The van der Waals surface area contributed by atoms with Crippen molar-refractivity contribution in [1.82, 2.24) is 0 Å². The largest absolute Gasteiger partial charge is 0.481 e. The Hall–Kier alpha value is -2.35. The quantitative estimate of drug-likeness (QED) is 0.431. The molecule has 0 radical (unpaired) electrons. The van der Waals surface area contributed by atoms with Crippen molar-refractivity contribution in [3.05, 3.63) is 51.3 Å². The monoisotopic (exact) mass is 467 g/mol. The fourth-order valence-corrected chi connectivity index (χ4v) is 4.57. The zero-order valence-corrected chi connectivity index (χ0v) is 18.3. The highest BCUT2D eigenvalue weighted by Gasteiger charge is 2.35. The number of rotatable bonds is 6. The molecular formula is C21H19Cl2NO5S. The fourth-order valence-electron chi connectivity index (χ4n) is 3.31. The van der Waals surface area contributed by atoms with E-state index in [1.807, 2.05) is 0 Å². The van der Waals surface area contributed by atoms with Crippen LogP contribution in [-0.4, -0.2) is 29.6 Å². The summed E-state index contributed by atoms with van der Waals surface area (Å²) in [4.78, 5) is 37.1. The number of ether oxygens (including phenoxy) is 1. The summed E-state index contributed by atoms with van der Waals surface area (Å²) in [5.74, 6) is -3.59. The zero-order valence-electron chi connectivity index (χ0n) is 16.0. The molecule has 9 heteroatoms. The van der Waals surface area contributed by atoms with Crippen LogP contribution in [0.2, 0.25) is 10.0 Å². The number of hydrogen-bond donors (Lipinski definition) is 2. The smallest absolute Gasteiger partial charge is 0.341 e. The minimum absolute atomic E-state index is 0.164. The van der Waals surface area contributed by atoms with E-state index in [1.165, 1.54) is 0 Å². The maximum absolute atomic E-state index is 12.9. The number of thiophene rings is 1. The zero-order chi connectivity index (χ0) is 21.8. The number of carbonyl (C=O) groups excluding carboxylic acids is 2. The van der Waals surface area contributed by atoms with Gasteiger partial charge < -0.3 is 15.2 Å². The molecular weight excluding hydrogens is 449 g/mol. The van der Waals surface area contributed by atoms with Crippen molar-refractivity contribution in [3.8, 4) is 11.1 Å². The third-order valence-electron chi connectivity index (χ3n) is 4.82. The van der Waals surface area contributed by atoms with Crippen LogP contribution in [0.4, 0.5) is 5.00 Å². The van der Waals surface area contributed by atoms with E-state index in [2.05, 4.69) is 5.32 Å². The van der Waals surface area contributed by atoms with Crippen LogP contribution in [-0.2, 0) is 14.3 Å². The number of benzene rings is 1. The SMILES string of the molecule is CCOC(=O)c1c(-c2ccc(Cl)c(Cl)c2)csc1NC(=O)C1CC=CCC1C(=O)O. The Kier molecular flexibility index (Phi) is 7.18. The van der Waals surface area contributed by atoms with Gasteiger partial charge in [-0.05, 0) is 37.5 Å². The van der Waals surface area contributed by atoms with Crippen LogP contribution in [0.1, 0.15) is 30.1 Å². The molecule has 1 aliphatic carbocycles. The molecule has 30 heavy (non-hydrogen) atoms. The number of halogens is 2. The number of hydrogen-bond acceptors (Lipinski definition) is 5. The number of esters is 1. The number of carboxylic acids is 1. The van der Waals surface area contributed by atoms with Crippen molar-refractivity contribution in [2.24, 2.45) is 11.8 Å². The van der Waals surface area contributed by atoms with Gasteiger partial charge in [-0.25, -0.2) is 4.79 Å². The first-order chi connectivity index (χ1) is 14.3. The number of carboxylic acid groups (broad SMARTS) is 1. The van der Waals surface area contributed by atoms with Crippen LogP contribution in [0.25, 0.3) is 11.1 Å². The average Bonchev–Trinajstić information content (AvgIpc) is 3.13. The van der Waals surface area contributed by atoms with Crippen molar-refractivity contribution in [2.75, 3.05) is 11.9 Å². The molecule has 1 aromatic carbocycles. The van der Waals surface area contributed by atoms with E-state index >= 15 is 0 Å². The second-order valence-corrected chi connectivity index (χ2v) is 8.38. The lowest BCUT2D eigenvalue weighted by Crippen LogP contribution is -2.34. The summed E-state index contributed by atoms with van der Waals surface area (Å²) in [6.45, 7) is 1.85. The van der Waals surface area contributed by atoms with Crippen LogP contribution in [0, 0.1) is 11.8 Å². The lowest BCUT2D eigenvalue weighted by molar-refractivity contribution is -0.146. The van der Waals surface area contributed by atoms with Gasteiger partial charge in [-0.3, -0.25) is 9.59 Å². The lowest BCUT2D eigenvalue weighted by Gasteiger charge is -2.24. The normalized spacial score (nSPS) is 18.1. The van der Waals surface area contributed by atoms with Crippen molar-refractivity contribution in [3.63, 3.8) is 0 Å². The molecule has 0 fully saturated rings. The predicted molar refractivity (Wildman–Crippen MR) is 117 cm³/mol. The molecule has 1 amide bonds. The molecule has 6 nitrogen and oxygen atoms in total. The number of anilines is 1. The molecule has 0 saturated heterocycles. The van der Waals surface area contributed by atoms with Gasteiger partial charge in [0.25, 0.3) is 0 Å². The number of amides is 1. The van der Waals surface area contributed by atoms with Gasteiger partial charge >= 0.3 is 11.9 Å². The minimum Gasteiger partial charge on any atom is -0.481 e. The molecule has 0 aliphatic heterocycles. The van der Waals surface area contributed by atoms with Gasteiger partial charge in [0.1, 0.15) is 10.6 Å². The third kappa shape index (κ3) is 4.69. The Labute approximate surface area is 187 Å². The van der Waals surface area contributed by atoms with Crippen molar-refractivity contribution >= 4 is 57.4 Å². The van der Waals surface area contributed by atoms with Crippen LogP contribution in [0.3, 0.4) is 0 Å². The topological polar surface area (TPSA) is 92.7 Å². The molecule has 1 heterocycles. The van der Waals surface area contributed by atoms with E-state index in [9.17, 15) is 19.5 Å². The van der Waals surface area contributed by atoms with E-state index < -0.39 is 29.7 Å². The Bertz CT molecular complexity index is 1020. The van der Waals surface area contributed by atoms with Gasteiger partial charge in [-0.2, -0.15) is 0 Å². The second kappa shape index (κ2) is 9.64. The number of allylic oxidation sites excluding steroid dienone is 2. The second-order valence-electron chi connectivity index (χ2n) is 6.69. The van der Waals surface area contributed by atoms with Gasteiger partial charge in [0.05, 0.1) is 28.5 Å². The Morgan fingerprint density at radius 2 is 1.87 bits per heavy atom. The van der Waals surface area contributed by atoms with Gasteiger partial charge in [0.2, 0.25) is 5.91 Å². The summed E-state index contributed by atoms with van der Waals surface area (Å²) in [5, 5.41) is 14.9. The fraction of sp³-hybridized carbons (Fsp3) is 0.286. The molecule has 2 atom stereocenters. The van der Waals surface area contributed by atoms with E-state index in [0.29, 0.717) is 32.6 Å². The highest BCUT2D eigenvalue weighted by atomic mass is 35.5. The Morgan fingerprint density at radius 3 is 2.50 bits per heavy atom. The summed E-state index contributed by atoms with van der Waals surface area (Å²) in [6.07, 6.45) is 4.17. The van der Waals surface area contributed by atoms with E-state index in [0.717, 1.165) is 11.3 Å². The highest BCUT2D eigenvalue weighted by Crippen LogP contribution is 2.39. The molecule has 2 aromatic rings. The summed E-state index contributed by atoms with van der Waals surface area (Å²) < 4.78 is 5.18. The lowest BCUT2D eigenvalue weighted by atomic mass is 9.82. The highest BCUT2D eigenvalue weighted by molar-refractivity contribution is 7.15. The molecule has 0 saturated carbocycles. The van der Waals surface area contributed by atoms with E-state index in [-0.39, 0.29) is 18.6 Å². The van der Waals surface area contributed by atoms with Gasteiger partial charge in [0.15, 0.2) is 0 Å². The Balaban J connectivity index is 1.96. The molecule has 0 bridgehead atoms. The molecule has 1 aromatic heterocycles.